The Balaban J connectivity index is 1.42. The van der Waals surface area contributed by atoms with Gasteiger partial charge in [-0.25, -0.2) is 13.5 Å². The number of nitrogens with one attached hydrogen (secondary N) is 1. The minimum atomic E-state index is -0.919. The number of halogens is 2. The third kappa shape index (κ3) is 2.38. The predicted octanol–water partition coefficient (Wildman–Crippen LogP) is 3.61. The zero-order valence-electron chi connectivity index (χ0n) is 14.3. The molecule has 5 rings (SSSR count). The van der Waals surface area contributed by atoms with E-state index in [4.69, 9.17) is 0 Å². The van der Waals surface area contributed by atoms with Gasteiger partial charge in [0.25, 0.3) is 0 Å². The number of rotatable bonds is 4. The van der Waals surface area contributed by atoms with Crippen molar-refractivity contribution in [2.24, 2.45) is 5.41 Å². The summed E-state index contributed by atoms with van der Waals surface area (Å²) < 4.78 is 29.0. The molecule has 2 heterocycles. The number of hydrogen-bond donors (Lipinski definition) is 1. The van der Waals surface area contributed by atoms with Crippen LogP contribution in [0.3, 0.4) is 0 Å². The summed E-state index contributed by atoms with van der Waals surface area (Å²) in [6, 6.07) is 10.4. The number of benzene rings is 1. The number of hydrogen-bond acceptors (Lipinski definition) is 3. The van der Waals surface area contributed by atoms with E-state index in [1.54, 1.807) is 29.1 Å². The number of amides is 1. The summed E-state index contributed by atoms with van der Waals surface area (Å²) in [5.41, 5.74) is -0.186. The Hall–Kier alpha value is -3.09. The van der Waals surface area contributed by atoms with Crippen LogP contribution in [-0.4, -0.2) is 20.7 Å². The summed E-state index contributed by atoms with van der Waals surface area (Å²) >= 11 is 0. The van der Waals surface area contributed by atoms with E-state index in [-0.39, 0.29) is 22.8 Å². The van der Waals surface area contributed by atoms with Gasteiger partial charge in [0, 0.05) is 18.5 Å². The van der Waals surface area contributed by atoms with Gasteiger partial charge in [-0.05, 0) is 61.1 Å². The van der Waals surface area contributed by atoms with Gasteiger partial charge in [-0.15, -0.1) is 0 Å². The fourth-order valence-corrected chi connectivity index (χ4v) is 4.03. The Morgan fingerprint density at radius 3 is 2.56 bits per heavy atom. The predicted molar refractivity (Wildman–Crippen MR) is 94.3 cm³/mol. The first-order valence-corrected chi connectivity index (χ1v) is 8.78. The molecule has 136 valence electrons. The van der Waals surface area contributed by atoms with Crippen LogP contribution < -0.4 is 5.32 Å². The van der Waals surface area contributed by atoms with Crippen molar-refractivity contribution in [3.63, 3.8) is 0 Å². The average molecular weight is 366 g/mol. The van der Waals surface area contributed by atoms with Crippen LogP contribution in [0.15, 0.2) is 54.9 Å². The molecule has 1 N–H and O–H groups in total. The molecular formula is C20H16F2N4O. The maximum atomic E-state index is 14.4. The number of nitrogens with zero attached hydrogens (tertiary/aromatic N) is 3. The molecule has 1 spiro atoms. The van der Waals surface area contributed by atoms with Crippen LogP contribution >= 0.6 is 0 Å². The molecule has 2 aliphatic rings. The second-order valence-corrected chi connectivity index (χ2v) is 7.27. The van der Waals surface area contributed by atoms with Gasteiger partial charge in [0.1, 0.15) is 17.0 Å². The molecule has 27 heavy (non-hydrogen) atoms. The van der Waals surface area contributed by atoms with Crippen LogP contribution in [0, 0.1) is 17.0 Å². The maximum Gasteiger partial charge on any atom is 0.238 e. The zero-order valence-corrected chi connectivity index (χ0v) is 14.3. The van der Waals surface area contributed by atoms with E-state index in [0.29, 0.717) is 17.9 Å². The van der Waals surface area contributed by atoms with Crippen molar-refractivity contribution in [2.45, 2.75) is 24.7 Å². The summed E-state index contributed by atoms with van der Waals surface area (Å²) in [5.74, 6) is -0.694. The largest absolute Gasteiger partial charge is 0.308 e. The van der Waals surface area contributed by atoms with E-state index < -0.39 is 11.2 Å². The highest BCUT2D eigenvalue weighted by Gasteiger charge is 2.79. The van der Waals surface area contributed by atoms with E-state index in [9.17, 15) is 13.6 Å². The lowest BCUT2D eigenvalue weighted by Gasteiger charge is -2.16. The minimum absolute atomic E-state index is 0.161. The van der Waals surface area contributed by atoms with Crippen molar-refractivity contribution < 1.29 is 13.6 Å². The first-order valence-electron chi connectivity index (χ1n) is 8.78. The molecule has 5 nitrogen and oxygen atoms in total. The first kappa shape index (κ1) is 16.1. The molecular weight excluding hydrogens is 350 g/mol. The lowest BCUT2D eigenvalue weighted by atomic mass is 9.95. The van der Waals surface area contributed by atoms with Crippen LogP contribution in [0.1, 0.15) is 25.0 Å². The summed E-state index contributed by atoms with van der Waals surface area (Å²) in [6.45, 7) is 0. The van der Waals surface area contributed by atoms with Gasteiger partial charge in [-0.1, -0.05) is 0 Å². The number of anilines is 1. The second-order valence-electron chi connectivity index (χ2n) is 7.27. The van der Waals surface area contributed by atoms with Gasteiger partial charge < -0.3 is 5.32 Å². The lowest BCUT2D eigenvalue weighted by Crippen LogP contribution is -2.32. The molecule has 0 aliphatic heterocycles. The Kier molecular flexibility index (Phi) is 3.25. The Labute approximate surface area is 154 Å². The van der Waals surface area contributed by atoms with Crippen LogP contribution in [0.5, 0.6) is 0 Å². The second kappa shape index (κ2) is 5.45. The summed E-state index contributed by atoms with van der Waals surface area (Å²) in [7, 11) is 0. The van der Waals surface area contributed by atoms with Crippen LogP contribution in [0.4, 0.5) is 14.6 Å². The van der Waals surface area contributed by atoms with Crippen molar-refractivity contribution in [3.05, 3.63) is 72.2 Å². The topological polar surface area (TPSA) is 59.8 Å². The Morgan fingerprint density at radius 1 is 1.11 bits per heavy atom. The Bertz CT molecular complexity index is 1040. The molecule has 0 bridgehead atoms. The highest BCUT2D eigenvalue weighted by molar-refractivity contribution is 6.02. The van der Waals surface area contributed by atoms with Crippen LogP contribution in [0.2, 0.25) is 0 Å². The molecule has 7 heteroatoms. The normalized spacial score (nSPS) is 21.9. The third-order valence-corrected chi connectivity index (χ3v) is 5.71. The van der Waals surface area contributed by atoms with Crippen molar-refractivity contribution in [1.82, 2.24) is 14.8 Å². The van der Waals surface area contributed by atoms with Crippen LogP contribution in [-0.2, 0) is 10.2 Å². The lowest BCUT2D eigenvalue weighted by molar-refractivity contribution is -0.119. The van der Waals surface area contributed by atoms with Crippen molar-refractivity contribution in [1.29, 1.82) is 0 Å². The van der Waals surface area contributed by atoms with Crippen molar-refractivity contribution in [3.8, 4) is 5.69 Å². The molecule has 1 aromatic carbocycles. The van der Waals surface area contributed by atoms with E-state index in [1.165, 1.54) is 30.5 Å². The Morgan fingerprint density at radius 2 is 1.89 bits per heavy atom. The summed E-state index contributed by atoms with van der Waals surface area (Å²) in [6.07, 6.45) is 5.61. The fraction of sp³-hybridized carbons (Fsp3) is 0.250. The van der Waals surface area contributed by atoms with Crippen molar-refractivity contribution in [2.75, 3.05) is 5.32 Å². The SMILES string of the molecule is O=C(Nc1ccn(-c2ccc(F)cc2)n1)C1(c2ncccc2F)CC12CC2. The molecule has 1 amide bonds. The minimum Gasteiger partial charge on any atom is -0.308 e. The molecule has 2 saturated carbocycles. The van der Waals surface area contributed by atoms with E-state index in [0.717, 1.165) is 12.8 Å². The van der Waals surface area contributed by atoms with E-state index in [1.807, 2.05) is 0 Å². The number of carbonyl (C=O) groups excluding carboxylic acids is 1. The smallest absolute Gasteiger partial charge is 0.238 e. The third-order valence-electron chi connectivity index (χ3n) is 5.71. The highest BCUT2D eigenvalue weighted by atomic mass is 19.1. The molecule has 0 radical (unpaired) electrons. The maximum absolute atomic E-state index is 14.4. The number of carbonyl (C=O) groups is 1. The molecule has 2 aliphatic carbocycles. The van der Waals surface area contributed by atoms with Crippen LogP contribution in [0.25, 0.3) is 5.69 Å². The van der Waals surface area contributed by atoms with Gasteiger partial charge in [-0.3, -0.25) is 9.78 Å². The molecule has 1 atom stereocenters. The summed E-state index contributed by atoms with van der Waals surface area (Å²) in [5, 5.41) is 7.14. The van der Waals surface area contributed by atoms with E-state index in [2.05, 4.69) is 15.4 Å². The molecule has 2 fully saturated rings. The first-order chi connectivity index (χ1) is 13.0. The standard InChI is InChI=1S/C20H16F2N4O/c21-13-3-5-14(6-4-13)26-11-7-16(25-26)24-18(27)20(12-19(20)8-9-19)17-15(22)2-1-10-23-17/h1-7,10-11H,8-9,12H2,(H,24,25,27). The average Bonchev–Trinajstić information content (AvgIpc) is 3.53. The monoisotopic (exact) mass is 366 g/mol. The summed E-state index contributed by atoms with van der Waals surface area (Å²) in [4.78, 5) is 17.3. The van der Waals surface area contributed by atoms with Gasteiger partial charge >= 0.3 is 0 Å². The fourth-order valence-electron chi connectivity index (χ4n) is 4.03. The van der Waals surface area contributed by atoms with Gasteiger partial charge in [0.2, 0.25) is 5.91 Å². The number of aromatic nitrogens is 3. The quantitative estimate of drug-likeness (QED) is 0.767. The number of pyridine rings is 1. The highest BCUT2D eigenvalue weighted by Crippen LogP contribution is 2.78. The molecule has 2 aromatic heterocycles. The van der Waals surface area contributed by atoms with Gasteiger partial charge in [-0.2, -0.15) is 5.10 Å². The van der Waals surface area contributed by atoms with Crippen molar-refractivity contribution >= 4 is 11.7 Å². The molecule has 0 saturated heterocycles. The molecule has 1 unspecified atom stereocenters. The van der Waals surface area contributed by atoms with E-state index >= 15 is 0 Å². The molecule has 3 aromatic rings. The zero-order chi connectivity index (χ0) is 18.6. The van der Waals surface area contributed by atoms with Gasteiger partial charge in [0.15, 0.2) is 5.82 Å². The van der Waals surface area contributed by atoms with Gasteiger partial charge in [0.05, 0.1) is 11.4 Å².